The molecule has 0 amide bonds. The highest BCUT2D eigenvalue weighted by Crippen LogP contribution is 2.01. The predicted octanol–water partition coefficient (Wildman–Crippen LogP) is 0.860. The van der Waals surface area contributed by atoms with Crippen molar-refractivity contribution in [3.63, 3.8) is 0 Å². The van der Waals surface area contributed by atoms with E-state index in [-0.39, 0.29) is 0 Å². The van der Waals surface area contributed by atoms with E-state index in [0.717, 1.165) is 0 Å². The molecule has 0 nitrogen and oxygen atoms in total. The fourth-order valence-electron chi connectivity index (χ4n) is 0.824. The van der Waals surface area contributed by atoms with Gasteiger partial charge < -0.3 is 0 Å². The second-order valence-electron chi connectivity index (χ2n) is 2.34. The van der Waals surface area contributed by atoms with Gasteiger partial charge in [-0.3, -0.25) is 0 Å². The highest BCUT2D eigenvalue weighted by Gasteiger charge is 1.84. The molecule has 0 saturated carbocycles. The van der Waals surface area contributed by atoms with Gasteiger partial charge in [-0.25, -0.2) is 0 Å². The Balaban J connectivity index is 2.88. The van der Waals surface area contributed by atoms with Crippen molar-refractivity contribution in [2.75, 3.05) is 0 Å². The Morgan fingerprint density at radius 1 is 1.22 bits per heavy atom. The number of aryl methyl sites for hydroxylation is 1. The van der Waals surface area contributed by atoms with Crippen molar-refractivity contribution in [2.24, 2.45) is 0 Å². The van der Waals surface area contributed by atoms with Crippen molar-refractivity contribution in [1.82, 2.24) is 0 Å². The normalized spacial score (nSPS) is 9.89. The zero-order valence-corrected chi connectivity index (χ0v) is 8.02. The van der Waals surface area contributed by atoms with Crippen LogP contribution in [0.5, 0.6) is 0 Å². The van der Waals surface area contributed by atoms with Gasteiger partial charge in [0.05, 0.1) is 0 Å². The Labute approximate surface area is 59.3 Å². The third-order valence-corrected chi connectivity index (χ3v) is 2.35. The lowest BCUT2D eigenvalue weighted by Gasteiger charge is -1.94. The summed E-state index contributed by atoms with van der Waals surface area (Å²) in [4.78, 5) is 0. The topological polar surface area (TPSA) is 0 Å². The Bertz CT molecular complexity index is 176. The summed E-state index contributed by atoms with van der Waals surface area (Å²) in [5.41, 5.74) is 2.83. The maximum atomic E-state index is 2.21. The van der Waals surface area contributed by atoms with Gasteiger partial charge in [-0.15, -0.1) is 0 Å². The molecule has 1 rings (SSSR count). The Morgan fingerprint density at radius 3 is 2.22 bits per heavy atom. The molecule has 1 heteroatoms. The van der Waals surface area contributed by atoms with E-state index in [4.69, 9.17) is 0 Å². The van der Waals surface area contributed by atoms with Crippen molar-refractivity contribution in [3.05, 3.63) is 35.4 Å². The highest BCUT2D eigenvalue weighted by atomic mass is 28.1. The van der Waals surface area contributed by atoms with Crippen LogP contribution in [0.3, 0.4) is 0 Å². The molecule has 0 aliphatic carbocycles. The van der Waals surface area contributed by atoms with Gasteiger partial charge in [0, 0.05) is 10.2 Å². The number of benzene rings is 1. The molecule has 0 radical (unpaired) electrons. The highest BCUT2D eigenvalue weighted by molar-refractivity contribution is 6.08. The monoisotopic (exact) mass is 136 g/mol. The molecule has 0 N–H and O–H groups in total. The molecule has 1 aromatic rings. The summed E-state index contributed by atoms with van der Waals surface area (Å²) in [5, 5.41) is 0. The molecule has 1 aromatic carbocycles. The van der Waals surface area contributed by atoms with E-state index in [0.29, 0.717) is 0 Å². The lowest BCUT2D eigenvalue weighted by atomic mass is 10.2. The van der Waals surface area contributed by atoms with Gasteiger partial charge >= 0.3 is 0 Å². The summed E-state index contributed by atoms with van der Waals surface area (Å²) in [7, 11) is 1.27. The molecule has 0 heterocycles. The zero-order chi connectivity index (χ0) is 6.69. The Kier molecular flexibility index (Phi) is 2.06. The molecule has 0 spiro atoms. The third-order valence-electron chi connectivity index (χ3n) is 1.53. The summed E-state index contributed by atoms with van der Waals surface area (Å²) in [6, 6.07) is 10.0. The van der Waals surface area contributed by atoms with Crippen LogP contribution in [-0.4, -0.2) is 10.2 Å². The van der Waals surface area contributed by atoms with Gasteiger partial charge in [0.25, 0.3) is 0 Å². The molecule has 0 saturated heterocycles. The zero-order valence-electron chi connectivity index (χ0n) is 6.02. The minimum Gasteiger partial charge on any atom is -0.0591 e. The average Bonchev–Trinajstić information content (AvgIpc) is 1.90. The second-order valence-corrected chi connectivity index (χ2v) is 3.05. The van der Waals surface area contributed by atoms with Gasteiger partial charge in [0.1, 0.15) is 0 Å². The average molecular weight is 136 g/mol. The van der Waals surface area contributed by atoms with Crippen LogP contribution >= 0.6 is 0 Å². The number of hydrogen-bond acceptors (Lipinski definition) is 0. The summed E-state index contributed by atoms with van der Waals surface area (Å²) in [6.07, 6.45) is 0. The molecule has 0 aliphatic heterocycles. The molecule has 0 aromatic heterocycles. The predicted molar refractivity (Wildman–Crippen MR) is 44.8 cm³/mol. The lowest BCUT2D eigenvalue weighted by molar-refractivity contribution is 1.36. The molecule has 0 aliphatic rings. The largest absolute Gasteiger partial charge is 0.0591 e. The SMILES string of the molecule is Cc1ccc(C[SiH3])cc1. The smallest absolute Gasteiger partial charge is 0.00833 e. The van der Waals surface area contributed by atoms with Crippen molar-refractivity contribution < 1.29 is 0 Å². The van der Waals surface area contributed by atoms with Crippen molar-refractivity contribution >= 4 is 10.2 Å². The second kappa shape index (κ2) is 2.83. The quantitative estimate of drug-likeness (QED) is 0.502. The van der Waals surface area contributed by atoms with Crippen molar-refractivity contribution in [1.29, 1.82) is 0 Å². The fourth-order valence-corrected chi connectivity index (χ4v) is 1.30. The van der Waals surface area contributed by atoms with E-state index in [9.17, 15) is 0 Å². The maximum Gasteiger partial charge on any atom is 0.00833 e. The van der Waals surface area contributed by atoms with Gasteiger partial charge in [0.15, 0.2) is 0 Å². The van der Waals surface area contributed by atoms with E-state index in [2.05, 4.69) is 31.2 Å². The van der Waals surface area contributed by atoms with Gasteiger partial charge in [-0.2, -0.15) is 0 Å². The fraction of sp³-hybridized carbons (Fsp3) is 0.250. The van der Waals surface area contributed by atoms with Crippen LogP contribution < -0.4 is 0 Å². The first-order chi connectivity index (χ1) is 4.33. The summed E-state index contributed by atoms with van der Waals surface area (Å²) in [6.45, 7) is 2.12. The van der Waals surface area contributed by atoms with Crippen LogP contribution in [0.1, 0.15) is 11.1 Å². The summed E-state index contributed by atoms with van der Waals surface area (Å²) in [5.74, 6) is 0. The molecular weight excluding hydrogens is 124 g/mol. The Hall–Kier alpha value is -0.563. The molecule has 0 unspecified atom stereocenters. The number of rotatable bonds is 1. The summed E-state index contributed by atoms with van der Waals surface area (Å²) < 4.78 is 0. The molecule has 48 valence electrons. The molecule has 9 heavy (non-hydrogen) atoms. The first-order valence-corrected chi connectivity index (χ1v) is 4.80. The minimum atomic E-state index is 1.27. The van der Waals surface area contributed by atoms with E-state index in [1.165, 1.54) is 27.4 Å². The van der Waals surface area contributed by atoms with Crippen LogP contribution in [0.2, 0.25) is 0 Å². The van der Waals surface area contributed by atoms with Crippen molar-refractivity contribution in [2.45, 2.75) is 13.0 Å². The van der Waals surface area contributed by atoms with E-state index < -0.39 is 0 Å². The van der Waals surface area contributed by atoms with E-state index in [1.807, 2.05) is 0 Å². The van der Waals surface area contributed by atoms with Crippen LogP contribution in [0.4, 0.5) is 0 Å². The van der Waals surface area contributed by atoms with Gasteiger partial charge in [-0.05, 0) is 13.0 Å². The molecular formula is C8H12Si. The van der Waals surface area contributed by atoms with Crippen LogP contribution in [0.15, 0.2) is 24.3 Å². The van der Waals surface area contributed by atoms with Crippen LogP contribution in [0.25, 0.3) is 0 Å². The third kappa shape index (κ3) is 1.68. The summed E-state index contributed by atoms with van der Waals surface area (Å²) >= 11 is 0. The van der Waals surface area contributed by atoms with Crippen LogP contribution in [-0.2, 0) is 6.04 Å². The van der Waals surface area contributed by atoms with Gasteiger partial charge in [-0.1, -0.05) is 35.4 Å². The standard InChI is InChI=1S/C8H12Si/c1-7-2-4-8(6-9)5-3-7/h2-5H,6H2,1,9H3. The first-order valence-electron chi connectivity index (χ1n) is 3.38. The molecule has 0 bridgehead atoms. The lowest BCUT2D eigenvalue weighted by Crippen LogP contribution is -1.81. The number of hydrogen-bond donors (Lipinski definition) is 0. The van der Waals surface area contributed by atoms with Crippen LogP contribution in [0, 0.1) is 6.92 Å². The van der Waals surface area contributed by atoms with Gasteiger partial charge in [0.2, 0.25) is 0 Å². The van der Waals surface area contributed by atoms with E-state index >= 15 is 0 Å². The van der Waals surface area contributed by atoms with Crippen molar-refractivity contribution in [3.8, 4) is 0 Å². The molecule has 0 fully saturated rings. The molecule has 0 atom stereocenters. The Morgan fingerprint density at radius 2 is 1.78 bits per heavy atom. The minimum absolute atomic E-state index is 1.27. The maximum absolute atomic E-state index is 2.21. The first kappa shape index (κ1) is 6.56. The van der Waals surface area contributed by atoms with E-state index in [1.54, 1.807) is 0 Å².